The van der Waals surface area contributed by atoms with E-state index >= 15 is 0 Å². The second-order valence-corrected chi connectivity index (χ2v) is 5.47. The molecule has 0 aliphatic heterocycles. The molecule has 0 fully saturated rings. The van der Waals surface area contributed by atoms with Crippen molar-refractivity contribution in [2.24, 2.45) is 0 Å². The second-order valence-electron chi connectivity index (χ2n) is 5.47. The van der Waals surface area contributed by atoms with E-state index in [0.717, 1.165) is 35.8 Å². The maximum absolute atomic E-state index is 5.94. The number of rotatable bonds is 10. The number of hydrogen-bond acceptors (Lipinski definition) is 4. The Morgan fingerprint density at radius 1 is 1.14 bits per heavy atom. The van der Waals surface area contributed by atoms with E-state index in [1.165, 1.54) is 25.7 Å². The summed E-state index contributed by atoms with van der Waals surface area (Å²) >= 11 is 0. The summed E-state index contributed by atoms with van der Waals surface area (Å²) in [6.45, 7) is 3.68. The molecule has 0 amide bonds. The monoisotopic (exact) mass is 302 g/mol. The molecular weight excluding hydrogens is 276 g/mol. The van der Waals surface area contributed by atoms with Crippen LogP contribution in [0.5, 0.6) is 5.75 Å². The predicted molar refractivity (Wildman–Crippen MR) is 89.0 cm³/mol. The van der Waals surface area contributed by atoms with Gasteiger partial charge in [0.15, 0.2) is 5.76 Å². The van der Waals surface area contributed by atoms with Gasteiger partial charge < -0.3 is 14.6 Å². The highest BCUT2D eigenvalue weighted by atomic mass is 16.5. The first-order chi connectivity index (χ1) is 10.8. The summed E-state index contributed by atoms with van der Waals surface area (Å²) in [5.74, 6) is 1.62. The fourth-order valence-corrected chi connectivity index (χ4v) is 2.39. The van der Waals surface area contributed by atoms with Crippen LogP contribution in [-0.4, -0.2) is 18.8 Å². The number of aromatic nitrogens is 1. The molecule has 22 heavy (non-hydrogen) atoms. The summed E-state index contributed by atoms with van der Waals surface area (Å²) in [6.07, 6.45) is 6.18. The van der Waals surface area contributed by atoms with E-state index in [2.05, 4.69) is 17.4 Å². The van der Waals surface area contributed by atoms with Crippen LogP contribution in [-0.2, 0) is 6.54 Å². The van der Waals surface area contributed by atoms with Gasteiger partial charge in [0.25, 0.3) is 0 Å². The van der Waals surface area contributed by atoms with Crippen molar-refractivity contribution in [3.63, 3.8) is 0 Å². The van der Waals surface area contributed by atoms with E-state index in [9.17, 15) is 0 Å². The van der Waals surface area contributed by atoms with Crippen LogP contribution in [0.1, 0.15) is 44.7 Å². The SMILES string of the molecule is CCCCCCCOc1ccccc1-c1cc(CNC)no1. The largest absolute Gasteiger partial charge is 0.493 e. The second kappa shape index (κ2) is 9.26. The molecule has 1 aromatic carbocycles. The van der Waals surface area contributed by atoms with Crippen molar-refractivity contribution in [3.05, 3.63) is 36.0 Å². The van der Waals surface area contributed by atoms with Crippen LogP contribution in [0.15, 0.2) is 34.9 Å². The van der Waals surface area contributed by atoms with E-state index in [4.69, 9.17) is 9.26 Å². The molecule has 4 nitrogen and oxygen atoms in total. The van der Waals surface area contributed by atoms with Gasteiger partial charge in [0.2, 0.25) is 0 Å². The van der Waals surface area contributed by atoms with Crippen LogP contribution in [0.3, 0.4) is 0 Å². The summed E-state index contributed by atoms with van der Waals surface area (Å²) in [5, 5.41) is 7.13. The molecule has 0 aliphatic carbocycles. The molecule has 2 rings (SSSR count). The van der Waals surface area contributed by atoms with Gasteiger partial charge in [0.1, 0.15) is 5.75 Å². The van der Waals surface area contributed by atoms with Crippen molar-refractivity contribution in [2.75, 3.05) is 13.7 Å². The molecule has 1 aromatic heterocycles. The molecule has 0 atom stereocenters. The van der Waals surface area contributed by atoms with Crippen molar-refractivity contribution in [3.8, 4) is 17.1 Å². The van der Waals surface area contributed by atoms with Crippen LogP contribution in [0.4, 0.5) is 0 Å². The highest BCUT2D eigenvalue weighted by Gasteiger charge is 2.11. The van der Waals surface area contributed by atoms with Crippen LogP contribution in [0.2, 0.25) is 0 Å². The van der Waals surface area contributed by atoms with Crippen LogP contribution in [0, 0.1) is 0 Å². The van der Waals surface area contributed by atoms with Crippen LogP contribution in [0.25, 0.3) is 11.3 Å². The van der Waals surface area contributed by atoms with Crippen LogP contribution >= 0.6 is 0 Å². The topological polar surface area (TPSA) is 47.3 Å². The third-order valence-corrected chi connectivity index (χ3v) is 3.57. The summed E-state index contributed by atoms with van der Waals surface area (Å²) in [4.78, 5) is 0. The molecule has 4 heteroatoms. The van der Waals surface area contributed by atoms with Gasteiger partial charge in [-0.1, -0.05) is 49.9 Å². The average molecular weight is 302 g/mol. The minimum atomic E-state index is 0.698. The zero-order valence-corrected chi connectivity index (χ0v) is 13.6. The molecule has 0 bridgehead atoms. The standard InChI is InChI=1S/C18H26N2O2/c1-3-4-5-6-9-12-21-17-11-8-7-10-16(17)18-13-15(14-19-2)20-22-18/h7-8,10-11,13,19H,3-6,9,12,14H2,1-2H3. The number of nitrogens with zero attached hydrogens (tertiary/aromatic N) is 1. The molecule has 1 N–H and O–H groups in total. The Morgan fingerprint density at radius 3 is 2.77 bits per heavy atom. The summed E-state index contributed by atoms with van der Waals surface area (Å²) in [7, 11) is 1.89. The average Bonchev–Trinajstić information content (AvgIpc) is 3.00. The van der Waals surface area contributed by atoms with Gasteiger partial charge in [-0.05, 0) is 25.6 Å². The van der Waals surface area contributed by atoms with Crippen molar-refractivity contribution in [1.29, 1.82) is 0 Å². The van der Waals surface area contributed by atoms with E-state index < -0.39 is 0 Å². The van der Waals surface area contributed by atoms with E-state index in [-0.39, 0.29) is 0 Å². The van der Waals surface area contributed by atoms with Gasteiger partial charge in [-0.3, -0.25) is 0 Å². The Labute approximate surface area is 132 Å². The summed E-state index contributed by atoms with van der Waals surface area (Å²) in [5.41, 5.74) is 1.86. The third kappa shape index (κ3) is 4.88. The number of nitrogens with one attached hydrogen (secondary N) is 1. The molecule has 0 spiro atoms. The quantitative estimate of drug-likeness (QED) is 0.660. The molecule has 0 saturated heterocycles. The van der Waals surface area contributed by atoms with Crippen molar-refractivity contribution < 1.29 is 9.26 Å². The number of ether oxygens (including phenoxy) is 1. The first kappa shape index (κ1) is 16.6. The normalized spacial score (nSPS) is 10.8. The van der Waals surface area contributed by atoms with E-state index in [1.807, 2.05) is 37.4 Å². The lowest BCUT2D eigenvalue weighted by Crippen LogP contribution is -2.04. The van der Waals surface area contributed by atoms with E-state index in [1.54, 1.807) is 0 Å². The lowest BCUT2D eigenvalue weighted by atomic mass is 10.1. The third-order valence-electron chi connectivity index (χ3n) is 3.57. The van der Waals surface area contributed by atoms with Gasteiger partial charge in [-0.2, -0.15) is 0 Å². The molecule has 1 heterocycles. The van der Waals surface area contributed by atoms with Gasteiger partial charge in [0, 0.05) is 12.6 Å². The van der Waals surface area contributed by atoms with Crippen molar-refractivity contribution in [1.82, 2.24) is 10.5 Å². The molecule has 0 saturated carbocycles. The Morgan fingerprint density at radius 2 is 1.95 bits per heavy atom. The Balaban J connectivity index is 1.94. The molecular formula is C18H26N2O2. The van der Waals surface area contributed by atoms with Crippen LogP contribution < -0.4 is 10.1 Å². The lowest BCUT2D eigenvalue weighted by molar-refractivity contribution is 0.304. The maximum Gasteiger partial charge on any atom is 0.170 e. The number of benzene rings is 1. The lowest BCUT2D eigenvalue weighted by Gasteiger charge is -2.09. The van der Waals surface area contributed by atoms with E-state index in [0.29, 0.717) is 6.54 Å². The highest BCUT2D eigenvalue weighted by Crippen LogP contribution is 2.30. The fraction of sp³-hybridized carbons (Fsp3) is 0.500. The van der Waals surface area contributed by atoms with Gasteiger partial charge in [0.05, 0.1) is 17.9 Å². The van der Waals surface area contributed by atoms with Crippen molar-refractivity contribution in [2.45, 2.75) is 45.6 Å². The minimum absolute atomic E-state index is 0.698. The predicted octanol–water partition coefficient (Wildman–Crippen LogP) is 4.41. The molecule has 0 aliphatic rings. The summed E-state index contributed by atoms with van der Waals surface area (Å²) in [6, 6.07) is 9.93. The van der Waals surface area contributed by atoms with Gasteiger partial charge in [-0.15, -0.1) is 0 Å². The maximum atomic E-state index is 5.94. The Kier molecular flexibility index (Phi) is 6.97. The first-order valence-electron chi connectivity index (χ1n) is 8.17. The molecule has 0 unspecified atom stereocenters. The highest BCUT2D eigenvalue weighted by molar-refractivity contribution is 5.65. The zero-order chi connectivity index (χ0) is 15.6. The van der Waals surface area contributed by atoms with Crippen molar-refractivity contribution >= 4 is 0 Å². The smallest absolute Gasteiger partial charge is 0.170 e. The van der Waals surface area contributed by atoms with Gasteiger partial charge >= 0.3 is 0 Å². The number of para-hydroxylation sites is 1. The molecule has 120 valence electrons. The first-order valence-corrected chi connectivity index (χ1v) is 8.17. The Hall–Kier alpha value is -1.81. The summed E-state index contributed by atoms with van der Waals surface area (Å²) < 4.78 is 11.4. The van der Waals surface area contributed by atoms with Gasteiger partial charge in [-0.25, -0.2) is 0 Å². The number of hydrogen-bond donors (Lipinski definition) is 1. The Bertz CT molecular complexity index is 552. The number of unbranched alkanes of at least 4 members (excludes halogenated alkanes) is 4. The minimum Gasteiger partial charge on any atom is -0.493 e. The zero-order valence-electron chi connectivity index (χ0n) is 13.6. The molecule has 0 radical (unpaired) electrons. The fourth-order valence-electron chi connectivity index (χ4n) is 2.39. The molecule has 2 aromatic rings.